The molecule has 0 heterocycles. The van der Waals surface area contributed by atoms with Crippen LogP contribution in [0.15, 0.2) is 18.2 Å². The van der Waals surface area contributed by atoms with Crippen molar-refractivity contribution in [2.24, 2.45) is 5.92 Å². The van der Waals surface area contributed by atoms with Gasteiger partial charge in [0.15, 0.2) is 0 Å². The summed E-state index contributed by atoms with van der Waals surface area (Å²) in [6.07, 6.45) is -4.51. The average molecular weight is 296 g/mol. The van der Waals surface area contributed by atoms with E-state index >= 15 is 0 Å². The average Bonchev–Trinajstić information content (AvgIpc) is 2.16. The van der Waals surface area contributed by atoms with E-state index in [1.54, 1.807) is 13.8 Å². The van der Waals surface area contributed by atoms with Crippen molar-refractivity contribution in [2.75, 3.05) is 16.2 Å². The van der Waals surface area contributed by atoms with E-state index in [0.717, 1.165) is 12.1 Å². The Bertz CT molecular complexity index is 554. The van der Waals surface area contributed by atoms with Gasteiger partial charge in [-0.25, -0.2) is 8.42 Å². The molecule has 8 heteroatoms. The fourth-order valence-electron chi connectivity index (χ4n) is 1.48. The summed E-state index contributed by atoms with van der Waals surface area (Å²) in [7, 11) is -3.62. The molecule has 0 aromatic heterocycles. The number of nitrogen functional groups attached to an aromatic ring is 1. The number of benzene rings is 1. The summed E-state index contributed by atoms with van der Waals surface area (Å²) in [6.45, 7) is 3.44. The highest BCUT2D eigenvalue weighted by Gasteiger charge is 2.31. The number of hydrogen-bond donors (Lipinski definition) is 2. The van der Waals surface area contributed by atoms with E-state index in [2.05, 4.69) is 4.72 Å². The molecule has 3 N–H and O–H groups in total. The maximum absolute atomic E-state index is 12.4. The van der Waals surface area contributed by atoms with Crippen LogP contribution in [0.2, 0.25) is 0 Å². The van der Waals surface area contributed by atoms with Crippen LogP contribution in [0.1, 0.15) is 19.4 Å². The van der Waals surface area contributed by atoms with Gasteiger partial charge in [0.1, 0.15) is 0 Å². The molecule has 0 spiro atoms. The van der Waals surface area contributed by atoms with Crippen LogP contribution < -0.4 is 10.5 Å². The summed E-state index contributed by atoms with van der Waals surface area (Å²) in [4.78, 5) is 0. The molecule has 0 aliphatic heterocycles. The van der Waals surface area contributed by atoms with Crippen LogP contribution in [-0.2, 0) is 16.2 Å². The Hall–Kier alpha value is -1.44. The van der Waals surface area contributed by atoms with E-state index in [4.69, 9.17) is 5.73 Å². The van der Waals surface area contributed by atoms with Gasteiger partial charge in [-0.3, -0.25) is 4.72 Å². The van der Waals surface area contributed by atoms with Crippen molar-refractivity contribution in [3.8, 4) is 0 Å². The van der Waals surface area contributed by atoms with Crippen molar-refractivity contribution in [3.63, 3.8) is 0 Å². The van der Waals surface area contributed by atoms with Gasteiger partial charge in [0, 0.05) is 0 Å². The summed E-state index contributed by atoms with van der Waals surface area (Å²) in [5.41, 5.74) is 4.20. The highest BCUT2D eigenvalue weighted by atomic mass is 32.2. The quantitative estimate of drug-likeness (QED) is 0.839. The Morgan fingerprint density at radius 2 is 1.89 bits per heavy atom. The molecule has 1 aromatic rings. The summed E-state index contributed by atoms with van der Waals surface area (Å²) in [6, 6.07) is 2.49. The first-order valence-electron chi connectivity index (χ1n) is 5.48. The topological polar surface area (TPSA) is 72.2 Å². The van der Waals surface area contributed by atoms with Crippen LogP contribution in [-0.4, -0.2) is 14.2 Å². The van der Waals surface area contributed by atoms with Crippen molar-refractivity contribution in [1.82, 2.24) is 0 Å². The third-order valence-electron chi connectivity index (χ3n) is 2.20. The minimum atomic E-state index is -4.51. The van der Waals surface area contributed by atoms with E-state index in [0.29, 0.717) is 6.07 Å². The molecular formula is C11H15F3N2O2S. The van der Waals surface area contributed by atoms with E-state index in [1.165, 1.54) is 0 Å². The SMILES string of the molecule is CC(C)CS(=O)(=O)Nc1ccc(C(F)(F)F)cc1N. The standard InChI is InChI=1S/C11H15F3N2O2S/c1-7(2)6-19(17,18)16-10-4-3-8(5-9(10)15)11(12,13)14/h3-5,7,16H,6,15H2,1-2H3. The minimum Gasteiger partial charge on any atom is -0.397 e. The van der Waals surface area contributed by atoms with Gasteiger partial charge in [-0.1, -0.05) is 13.8 Å². The number of nitrogens with two attached hydrogens (primary N) is 1. The molecule has 0 aliphatic rings. The van der Waals surface area contributed by atoms with Gasteiger partial charge in [-0.05, 0) is 24.1 Å². The predicted molar refractivity (Wildman–Crippen MR) is 68.1 cm³/mol. The molecule has 4 nitrogen and oxygen atoms in total. The molecule has 0 fully saturated rings. The number of alkyl halides is 3. The number of hydrogen-bond acceptors (Lipinski definition) is 3. The van der Waals surface area contributed by atoms with Gasteiger partial charge < -0.3 is 5.73 Å². The maximum atomic E-state index is 12.4. The number of rotatable bonds is 4. The molecule has 1 aromatic carbocycles. The number of halogens is 3. The normalized spacial score (nSPS) is 12.7. The van der Waals surface area contributed by atoms with Crippen LogP contribution in [0.3, 0.4) is 0 Å². The molecule has 0 amide bonds. The Balaban J connectivity index is 2.99. The van der Waals surface area contributed by atoms with Gasteiger partial charge in [0.05, 0.1) is 22.7 Å². The maximum Gasteiger partial charge on any atom is 0.416 e. The van der Waals surface area contributed by atoms with Crippen LogP contribution >= 0.6 is 0 Å². The molecule has 108 valence electrons. The predicted octanol–water partition coefficient (Wildman–Crippen LogP) is 2.69. The van der Waals surface area contributed by atoms with Crippen LogP contribution in [0.4, 0.5) is 24.5 Å². The van der Waals surface area contributed by atoms with Crippen LogP contribution in [0.5, 0.6) is 0 Å². The first-order chi connectivity index (χ1) is 8.51. The Kier molecular flexibility index (Phi) is 4.34. The molecule has 1 rings (SSSR count). The lowest BCUT2D eigenvalue weighted by Gasteiger charge is -2.13. The zero-order valence-corrected chi connectivity index (χ0v) is 11.3. The molecule has 0 unspecified atom stereocenters. The second kappa shape index (κ2) is 5.28. The third kappa shape index (κ3) is 4.62. The lowest BCUT2D eigenvalue weighted by atomic mass is 10.2. The second-order valence-electron chi connectivity index (χ2n) is 4.58. The molecular weight excluding hydrogens is 281 g/mol. The van der Waals surface area contributed by atoms with E-state index < -0.39 is 21.8 Å². The molecule has 0 radical (unpaired) electrons. The van der Waals surface area contributed by atoms with Gasteiger partial charge in [-0.2, -0.15) is 13.2 Å². The number of sulfonamides is 1. The van der Waals surface area contributed by atoms with Crippen molar-refractivity contribution < 1.29 is 21.6 Å². The van der Waals surface area contributed by atoms with Gasteiger partial charge in [-0.15, -0.1) is 0 Å². The van der Waals surface area contributed by atoms with Crippen molar-refractivity contribution in [2.45, 2.75) is 20.0 Å². The number of nitrogens with one attached hydrogen (secondary N) is 1. The van der Waals surface area contributed by atoms with E-state index in [9.17, 15) is 21.6 Å². The molecule has 0 bridgehead atoms. The van der Waals surface area contributed by atoms with Crippen LogP contribution in [0.25, 0.3) is 0 Å². The zero-order chi connectivity index (χ0) is 14.8. The molecule has 0 aliphatic carbocycles. The van der Waals surface area contributed by atoms with Crippen molar-refractivity contribution in [1.29, 1.82) is 0 Å². The highest BCUT2D eigenvalue weighted by molar-refractivity contribution is 7.92. The Morgan fingerprint density at radius 3 is 2.32 bits per heavy atom. The second-order valence-corrected chi connectivity index (χ2v) is 6.34. The molecule has 0 atom stereocenters. The zero-order valence-electron chi connectivity index (χ0n) is 10.5. The van der Waals surface area contributed by atoms with Crippen LogP contribution in [0, 0.1) is 5.92 Å². The fraction of sp³-hybridized carbons (Fsp3) is 0.455. The largest absolute Gasteiger partial charge is 0.416 e. The first kappa shape index (κ1) is 15.6. The third-order valence-corrected chi connectivity index (χ3v) is 3.83. The molecule has 0 saturated heterocycles. The lowest BCUT2D eigenvalue weighted by Crippen LogP contribution is -2.21. The van der Waals surface area contributed by atoms with Gasteiger partial charge in [0.25, 0.3) is 0 Å². The fourth-order valence-corrected chi connectivity index (χ4v) is 2.96. The first-order valence-corrected chi connectivity index (χ1v) is 7.14. The molecule has 0 saturated carbocycles. The lowest BCUT2D eigenvalue weighted by molar-refractivity contribution is -0.137. The minimum absolute atomic E-state index is 0.0475. The summed E-state index contributed by atoms with van der Waals surface area (Å²) < 4.78 is 62.7. The monoisotopic (exact) mass is 296 g/mol. The van der Waals surface area contributed by atoms with Crippen molar-refractivity contribution in [3.05, 3.63) is 23.8 Å². The molecule has 19 heavy (non-hydrogen) atoms. The smallest absolute Gasteiger partial charge is 0.397 e. The van der Waals surface area contributed by atoms with Crippen molar-refractivity contribution >= 4 is 21.4 Å². The summed E-state index contributed by atoms with van der Waals surface area (Å²) in [5, 5.41) is 0. The highest BCUT2D eigenvalue weighted by Crippen LogP contribution is 2.33. The van der Waals surface area contributed by atoms with Gasteiger partial charge in [0.2, 0.25) is 10.0 Å². The van der Waals surface area contributed by atoms with E-state index in [-0.39, 0.29) is 23.0 Å². The van der Waals surface area contributed by atoms with Gasteiger partial charge >= 0.3 is 6.18 Å². The Labute approximate surface area is 109 Å². The Morgan fingerprint density at radius 1 is 1.32 bits per heavy atom. The summed E-state index contributed by atoms with van der Waals surface area (Å²) >= 11 is 0. The van der Waals surface area contributed by atoms with E-state index in [1.807, 2.05) is 0 Å². The summed E-state index contributed by atoms with van der Waals surface area (Å²) in [5.74, 6) is -0.235. The number of anilines is 2.